The summed E-state index contributed by atoms with van der Waals surface area (Å²) in [5.41, 5.74) is 1.66. The number of ether oxygens (including phenoxy) is 2. The van der Waals surface area contributed by atoms with E-state index in [0.29, 0.717) is 97.2 Å². The van der Waals surface area contributed by atoms with Crippen LogP contribution in [0.2, 0.25) is 0 Å². The van der Waals surface area contributed by atoms with Crippen LogP contribution < -0.4 is 20.4 Å². The zero-order valence-electron chi connectivity index (χ0n) is 37.5. The van der Waals surface area contributed by atoms with Crippen LogP contribution in [-0.4, -0.2) is 214 Å². The molecule has 10 atom stereocenters. The molecule has 28 heteroatoms. The van der Waals surface area contributed by atoms with Crippen molar-refractivity contribution in [1.82, 2.24) is 89.3 Å². The van der Waals surface area contributed by atoms with Gasteiger partial charge in [0.15, 0.2) is 58.6 Å². The van der Waals surface area contributed by atoms with Crippen LogP contribution in [0.4, 0.5) is 23.5 Å². The lowest BCUT2D eigenvalue weighted by Gasteiger charge is -2.22. The number of rotatable bonds is 15. The first-order chi connectivity index (χ1) is 31.9. The third-order valence-corrected chi connectivity index (χ3v) is 12.9. The van der Waals surface area contributed by atoms with Crippen molar-refractivity contribution in [2.24, 2.45) is 0 Å². The van der Waals surface area contributed by atoms with Gasteiger partial charge in [-0.2, -0.15) is 29.5 Å². The van der Waals surface area contributed by atoms with Crippen LogP contribution in [0.15, 0.2) is 12.7 Å². The fourth-order valence-corrected chi connectivity index (χ4v) is 8.98. The normalized spacial score (nSPS) is 28.1. The topological polar surface area (TPSA) is 311 Å². The van der Waals surface area contributed by atoms with E-state index in [4.69, 9.17) is 29.4 Å². The Morgan fingerprint density at radius 2 is 1.05 bits per heavy atom. The van der Waals surface area contributed by atoms with Gasteiger partial charge < -0.3 is 60.1 Å². The van der Waals surface area contributed by atoms with Gasteiger partial charge >= 0.3 is 0 Å². The molecule has 28 nitrogen and oxygen atoms in total. The Balaban J connectivity index is 0.927. The molecule has 0 bridgehead atoms. The van der Waals surface area contributed by atoms with E-state index in [0.717, 1.165) is 25.9 Å². The average molecular weight is 917 g/mol. The second kappa shape index (κ2) is 17.7. The van der Waals surface area contributed by atoms with Gasteiger partial charge in [0.1, 0.15) is 24.4 Å². The van der Waals surface area contributed by atoms with Gasteiger partial charge in [-0.25, -0.2) is 9.97 Å². The molecule has 0 spiro atoms. The molecule has 4 fully saturated rings. The molecule has 354 valence electrons. The predicted octanol–water partition coefficient (Wildman–Crippen LogP) is -2.23. The molecule has 10 heterocycles. The highest BCUT2D eigenvalue weighted by Crippen LogP contribution is 2.41. The lowest BCUT2D eigenvalue weighted by atomic mass is 10.1. The van der Waals surface area contributed by atoms with Crippen molar-refractivity contribution in [2.45, 2.75) is 101 Å². The van der Waals surface area contributed by atoms with Gasteiger partial charge in [-0.15, -0.1) is 20.4 Å². The van der Waals surface area contributed by atoms with Gasteiger partial charge in [0.05, 0.1) is 25.7 Å². The van der Waals surface area contributed by atoms with E-state index in [-0.39, 0.29) is 11.6 Å². The zero-order valence-corrected chi connectivity index (χ0v) is 37.5. The number of nitrogens with one attached hydrogen (secondary N) is 2. The first-order valence-electron chi connectivity index (χ1n) is 22.3. The second-order valence-electron chi connectivity index (χ2n) is 17.5. The number of nitrogens with zero attached hydrogens (tertiary/aromatic N) is 20. The Kier molecular flexibility index (Phi) is 11.8. The molecule has 0 saturated carbocycles. The Morgan fingerprint density at radius 3 is 1.41 bits per heavy atom. The van der Waals surface area contributed by atoms with Crippen LogP contribution in [0.3, 0.4) is 0 Å². The maximum Gasteiger partial charge on any atom is 0.229 e. The van der Waals surface area contributed by atoms with E-state index < -0.39 is 49.1 Å². The number of aromatic nitrogens is 16. The van der Waals surface area contributed by atoms with Gasteiger partial charge in [0.2, 0.25) is 23.5 Å². The highest BCUT2D eigenvalue weighted by Gasteiger charge is 2.49. The molecule has 0 unspecified atom stereocenters. The van der Waals surface area contributed by atoms with Crippen LogP contribution in [0.1, 0.15) is 63.0 Å². The van der Waals surface area contributed by atoms with Gasteiger partial charge in [0.25, 0.3) is 0 Å². The summed E-state index contributed by atoms with van der Waals surface area (Å²) >= 11 is 0. The maximum absolute atomic E-state index is 11.3. The molecule has 66 heavy (non-hydrogen) atoms. The molecule has 4 aliphatic rings. The van der Waals surface area contributed by atoms with Crippen LogP contribution in [0.5, 0.6) is 0 Å². The van der Waals surface area contributed by atoms with Crippen molar-refractivity contribution < 1.29 is 29.9 Å². The average Bonchev–Trinajstić information content (AvgIpc) is 4.17. The van der Waals surface area contributed by atoms with Gasteiger partial charge in [-0.1, -0.05) is 0 Å². The van der Waals surface area contributed by atoms with Crippen molar-refractivity contribution in [1.29, 1.82) is 0 Å². The molecule has 4 saturated heterocycles. The fourth-order valence-electron chi connectivity index (χ4n) is 8.98. The number of likely N-dealkylation sites (N-methyl/N-ethyl adjacent to an activating group) is 2. The lowest BCUT2D eigenvalue weighted by Crippen LogP contribution is -2.32. The summed E-state index contributed by atoms with van der Waals surface area (Å²) in [5, 5.41) is 76.5. The third-order valence-electron chi connectivity index (χ3n) is 12.9. The van der Waals surface area contributed by atoms with E-state index in [1.807, 2.05) is 13.8 Å². The monoisotopic (exact) mass is 916 g/mol. The number of aryl methyl sites for hydroxylation is 2. The minimum Gasteiger partial charge on any atom is -0.387 e. The number of imidazole rings is 2. The molecule has 0 radical (unpaired) electrons. The largest absolute Gasteiger partial charge is 0.387 e. The Bertz CT molecular complexity index is 2470. The fraction of sp³-hybridized carbons (Fsp3) is 0.684. The second-order valence-corrected chi connectivity index (χ2v) is 17.5. The number of aliphatic hydroxyl groups is 4. The van der Waals surface area contributed by atoms with Gasteiger partial charge in [-0.3, -0.25) is 9.13 Å². The quantitative estimate of drug-likeness (QED) is 0.0594. The van der Waals surface area contributed by atoms with E-state index in [1.165, 1.54) is 22.2 Å². The highest BCUT2D eigenvalue weighted by molar-refractivity contribution is 5.86. The lowest BCUT2D eigenvalue weighted by molar-refractivity contribution is -0.0384. The SMILES string of the molecule is CCn1nnc([C@H]2O[C@@H](n3cnc4c(NCCNc5nc(N6CC[C@@H](N(C)C)C6)nc6c5ncn6[C@@H]5O[C@H](c6nnn(CC)n6)[C@@H](O)[C@H]5O)nc(N5CC[C@@H](N(C)C)C5)nc43)[C@H](O)[C@@H]2O)n1. The number of hydrogen-bond acceptors (Lipinski definition) is 24. The van der Waals surface area contributed by atoms with Crippen molar-refractivity contribution >= 4 is 45.9 Å². The smallest absolute Gasteiger partial charge is 0.229 e. The number of anilines is 4. The minimum absolute atomic E-state index is 0.161. The van der Waals surface area contributed by atoms with Gasteiger partial charge in [0, 0.05) is 51.4 Å². The van der Waals surface area contributed by atoms with E-state index in [9.17, 15) is 20.4 Å². The molecule has 6 aromatic heterocycles. The van der Waals surface area contributed by atoms with Crippen LogP contribution in [0, 0.1) is 0 Å². The zero-order chi connectivity index (χ0) is 46.0. The number of fused-ring (bicyclic) bond motifs is 2. The Morgan fingerprint density at radius 1 is 0.621 bits per heavy atom. The van der Waals surface area contributed by atoms with Crippen molar-refractivity contribution in [2.75, 3.05) is 87.9 Å². The van der Waals surface area contributed by atoms with Crippen LogP contribution in [0.25, 0.3) is 22.3 Å². The number of hydrogen-bond donors (Lipinski definition) is 6. The summed E-state index contributed by atoms with van der Waals surface area (Å²) in [7, 11) is 8.21. The van der Waals surface area contributed by atoms with Crippen LogP contribution >= 0.6 is 0 Å². The molecule has 6 N–H and O–H groups in total. The number of aliphatic hydroxyl groups excluding tert-OH is 4. The summed E-state index contributed by atoms with van der Waals surface area (Å²) in [4.78, 5) is 40.6. The van der Waals surface area contributed by atoms with Crippen molar-refractivity contribution in [3.8, 4) is 0 Å². The molecule has 0 amide bonds. The molecule has 4 aliphatic heterocycles. The molecule has 6 aromatic rings. The molecular formula is C38H56N22O6. The summed E-state index contributed by atoms with van der Waals surface area (Å²) in [6, 6.07) is 0.606. The van der Waals surface area contributed by atoms with Crippen molar-refractivity contribution in [3.63, 3.8) is 0 Å². The predicted molar refractivity (Wildman–Crippen MR) is 233 cm³/mol. The first-order valence-corrected chi connectivity index (χ1v) is 22.3. The van der Waals surface area contributed by atoms with E-state index in [1.54, 1.807) is 9.13 Å². The summed E-state index contributed by atoms with van der Waals surface area (Å²) in [6.45, 7) is 8.27. The molecular weight excluding hydrogens is 861 g/mol. The maximum atomic E-state index is 11.3. The highest BCUT2D eigenvalue weighted by atomic mass is 16.6. The third kappa shape index (κ3) is 7.88. The summed E-state index contributed by atoms with van der Waals surface area (Å²) < 4.78 is 15.7. The minimum atomic E-state index is -1.35. The summed E-state index contributed by atoms with van der Waals surface area (Å²) in [5.74, 6) is 2.19. The molecule has 10 rings (SSSR count). The first kappa shape index (κ1) is 44.0. The number of tetrazole rings is 2. The Labute approximate surface area is 377 Å². The standard InChI is InChI=1S/C38H56N22O6/c1-7-59-49-31(47-51-59)27-23(61)25(63)35(65-27)57-17-41-21-29(43-37(45-33(21)57)55-13-9-19(15-55)53(3)4)39-11-12-40-30-22-34(46-38(44-30)56-14-10-20(16-56)54(5)6)58(18-42-22)36-26(64)24(62)28(66-36)32-48-52-60(8-2)50-32/h17-20,23-28,35-36,61-64H,7-16H2,1-6H3,(H,39,43,45)(H,40,44,46)/t19-,20-,23+,24+,25-,26-,27+,28+,35-,36-/m1/s1. The van der Waals surface area contributed by atoms with Gasteiger partial charge in [-0.05, 0) is 65.3 Å². The molecule has 0 aromatic carbocycles. The van der Waals surface area contributed by atoms with Crippen LogP contribution in [-0.2, 0) is 22.6 Å². The van der Waals surface area contributed by atoms with E-state index >= 15 is 0 Å². The van der Waals surface area contributed by atoms with E-state index in [2.05, 4.69) is 99.2 Å². The van der Waals surface area contributed by atoms with Crippen molar-refractivity contribution in [3.05, 3.63) is 24.3 Å². The Hall–Kier alpha value is -5.88. The molecule has 0 aliphatic carbocycles. The summed E-state index contributed by atoms with van der Waals surface area (Å²) in [6.07, 6.45) is -4.68.